The van der Waals surface area contributed by atoms with Crippen molar-refractivity contribution in [3.63, 3.8) is 0 Å². The highest BCUT2D eigenvalue weighted by Crippen LogP contribution is 2.26. The third kappa shape index (κ3) is 4.22. The zero-order valence-electron chi connectivity index (χ0n) is 15.7. The van der Waals surface area contributed by atoms with Crippen LogP contribution in [0.1, 0.15) is 41.7 Å². The Morgan fingerprint density at radius 2 is 1.89 bits per heavy atom. The SMILES string of the molecule is Cc1ccc(C(=O)N[C@@H](c2nc(-c3cccc([N+](=O)[O-])c3)no2)C(C)C)cc1. The van der Waals surface area contributed by atoms with Gasteiger partial charge in [0.05, 0.1) is 4.92 Å². The molecule has 3 rings (SSSR count). The van der Waals surface area contributed by atoms with E-state index in [2.05, 4.69) is 15.5 Å². The van der Waals surface area contributed by atoms with E-state index in [1.54, 1.807) is 24.3 Å². The summed E-state index contributed by atoms with van der Waals surface area (Å²) in [5.74, 6) is 0.229. The molecule has 0 bridgehead atoms. The van der Waals surface area contributed by atoms with Crippen molar-refractivity contribution in [2.75, 3.05) is 0 Å². The van der Waals surface area contributed by atoms with Crippen LogP contribution in [0.2, 0.25) is 0 Å². The van der Waals surface area contributed by atoms with Crippen molar-refractivity contribution in [1.82, 2.24) is 15.5 Å². The molecule has 0 fully saturated rings. The minimum absolute atomic E-state index is 0.00666. The smallest absolute Gasteiger partial charge is 0.270 e. The van der Waals surface area contributed by atoms with E-state index in [4.69, 9.17) is 4.52 Å². The minimum atomic E-state index is -0.492. The highest BCUT2D eigenvalue weighted by Gasteiger charge is 2.25. The second-order valence-electron chi connectivity index (χ2n) is 6.82. The summed E-state index contributed by atoms with van der Waals surface area (Å²) in [6, 6.07) is 12.7. The first-order valence-corrected chi connectivity index (χ1v) is 8.81. The van der Waals surface area contributed by atoms with Crippen LogP contribution in [0.15, 0.2) is 53.1 Å². The molecular formula is C20H20N4O4. The number of carbonyl (C=O) groups excluding carboxylic acids is 1. The van der Waals surface area contributed by atoms with E-state index in [-0.39, 0.29) is 29.2 Å². The number of aryl methyl sites for hydroxylation is 1. The zero-order chi connectivity index (χ0) is 20.3. The summed E-state index contributed by atoms with van der Waals surface area (Å²) in [5.41, 5.74) is 2.01. The quantitative estimate of drug-likeness (QED) is 0.509. The number of benzene rings is 2. The molecule has 1 amide bonds. The summed E-state index contributed by atoms with van der Waals surface area (Å²) in [7, 11) is 0. The first-order chi connectivity index (χ1) is 13.3. The molecule has 0 saturated carbocycles. The van der Waals surface area contributed by atoms with Crippen LogP contribution in [0.3, 0.4) is 0 Å². The van der Waals surface area contributed by atoms with Crippen LogP contribution in [0.25, 0.3) is 11.4 Å². The molecule has 28 heavy (non-hydrogen) atoms. The van der Waals surface area contributed by atoms with Crippen molar-refractivity contribution in [3.8, 4) is 11.4 Å². The molecule has 0 aliphatic rings. The minimum Gasteiger partial charge on any atom is -0.340 e. The molecule has 1 heterocycles. The normalized spacial score (nSPS) is 12.0. The number of amides is 1. The summed E-state index contributed by atoms with van der Waals surface area (Å²) in [5, 5.41) is 17.8. The Balaban J connectivity index is 1.84. The second-order valence-corrected chi connectivity index (χ2v) is 6.82. The Hall–Kier alpha value is -3.55. The van der Waals surface area contributed by atoms with Gasteiger partial charge in [-0.25, -0.2) is 0 Å². The first kappa shape index (κ1) is 19.2. The number of hydrogen-bond donors (Lipinski definition) is 1. The van der Waals surface area contributed by atoms with E-state index in [0.29, 0.717) is 11.1 Å². The van der Waals surface area contributed by atoms with Gasteiger partial charge in [-0.2, -0.15) is 4.98 Å². The third-order valence-electron chi connectivity index (χ3n) is 4.29. The molecule has 1 aromatic heterocycles. The van der Waals surface area contributed by atoms with Gasteiger partial charge in [-0.3, -0.25) is 14.9 Å². The highest BCUT2D eigenvalue weighted by molar-refractivity contribution is 5.94. The molecule has 8 heteroatoms. The van der Waals surface area contributed by atoms with Crippen molar-refractivity contribution in [3.05, 3.63) is 75.7 Å². The lowest BCUT2D eigenvalue weighted by Gasteiger charge is -2.18. The van der Waals surface area contributed by atoms with Crippen molar-refractivity contribution < 1.29 is 14.2 Å². The average molecular weight is 380 g/mol. The van der Waals surface area contributed by atoms with Crippen LogP contribution in [0.5, 0.6) is 0 Å². The number of aromatic nitrogens is 2. The van der Waals surface area contributed by atoms with Crippen LogP contribution < -0.4 is 5.32 Å². The van der Waals surface area contributed by atoms with Crippen molar-refractivity contribution >= 4 is 11.6 Å². The lowest BCUT2D eigenvalue weighted by molar-refractivity contribution is -0.384. The van der Waals surface area contributed by atoms with Crippen LogP contribution >= 0.6 is 0 Å². The predicted molar refractivity (Wildman–Crippen MR) is 103 cm³/mol. The van der Waals surface area contributed by atoms with Gasteiger partial charge in [0, 0.05) is 23.3 Å². The molecule has 0 aliphatic heterocycles. The van der Waals surface area contributed by atoms with Gasteiger partial charge in [0.1, 0.15) is 6.04 Å². The van der Waals surface area contributed by atoms with E-state index in [9.17, 15) is 14.9 Å². The van der Waals surface area contributed by atoms with Gasteiger partial charge in [0.15, 0.2) is 0 Å². The van der Waals surface area contributed by atoms with Crippen molar-refractivity contribution in [2.24, 2.45) is 5.92 Å². The second kappa shape index (κ2) is 7.99. The molecule has 0 spiro atoms. The summed E-state index contributed by atoms with van der Waals surface area (Å²) in [4.78, 5) is 27.4. The molecule has 0 aliphatic carbocycles. The van der Waals surface area contributed by atoms with Gasteiger partial charge in [0.25, 0.3) is 11.6 Å². The van der Waals surface area contributed by atoms with E-state index in [0.717, 1.165) is 5.56 Å². The average Bonchev–Trinajstić information content (AvgIpc) is 3.16. The number of hydrogen-bond acceptors (Lipinski definition) is 6. The summed E-state index contributed by atoms with van der Waals surface area (Å²) < 4.78 is 5.35. The summed E-state index contributed by atoms with van der Waals surface area (Å²) >= 11 is 0. The fourth-order valence-corrected chi connectivity index (χ4v) is 2.68. The largest absolute Gasteiger partial charge is 0.340 e. The van der Waals surface area contributed by atoms with Gasteiger partial charge >= 0.3 is 0 Å². The lowest BCUT2D eigenvalue weighted by Crippen LogP contribution is -2.32. The number of nitro benzene ring substituents is 1. The van der Waals surface area contributed by atoms with Crippen LogP contribution in [-0.4, -0.2) is 21.0 Å². The van der Waals surface area contributed by atoms with E-state index < -0.39 is 11.0 Å². The molecule has 1 atom stereocenters. The maximum Gasteiger partial charge on any atom is 0.270 e. The van der Waals surface area contributed by atoms with Gasteiger partial charge in [0.2, 0.25) is 11.7 Å². The van der Waals surface area contributed by atoms with E-state index in [1.807, 2.05) is 32.9 Å². The van der Waals surface area contributed by atoms with E-state index >= 15 is 0 Å². The van der Waals surface area contributed by atoms with Gasteiger partial charge in [-0.05, 0) is 25.0 Å². The Morgan fingerprint density at radius 1 is 1.18 bits per heavy atom. The summed E-state index contributed by atoms with van der Waals surface area (Å²) in [6.07, 6.45) is 0. The molecule has 3 aromatic rings. The fraction of sp³-hybridized carbons (Fsp3) is 0.250. The number of nitro groups is 1. The standard InChI is InChI=1S/C20H20N4O4/c1-12(2)17(21-19(25)14-9-7-13(3)8-10-14)20-22-18(23-28-20)15-5-4-6-16(11-15)24(26)27/h4-12,17H,1-3H3,(H,21,25)/t17-/m1/s1. The summed E-state index contributed by atoms with van der Waals surface area (Å²) in [6.45, 7) is 5.81. The van der Waals surface area contributed by atoms with Gasteiger partial charge in [-0.1, -0.05) is 48.8 Å². The lowest BCUT2D eigenvalue weighted by atomic mass is 10.0. The predicted octanol–water partition coefficient (Wildman–Crippen LogP) is 4.08. The van der Waals surface area contributed by atoms with Gasteiger partial charge in [-0.15, -0.1) is 0 Å². The molecular weight excluding hydrogens is 360 g/mol. The van der Waals surface area contributed by atoms with Crippen molar-refractivity contribution in [1.29, 1.82) is 0 Å². The number of nitrogens with one attached hydrogen (secondary N) is 1. The Kier molecular flexibility index (Phi) is 5.49. The monoisotopic (exact) mass is 380 g/mol. The zero-order valence-corrected chi connectivity index (χ0v) is 15.7. The molecule has 0 radical (unpaired) electrons. The number of carbonyl (C=O) groups is 1. The van der Waals surface area contributed by atoms with Gasteiger partial charge < -0.3 is 9.84 Å². The van der Waals surface area contributed by atoms with E-state index in [1.165, 1.54) is 12.1 Å². The molecule has 2 aromatic carbocycles. The molecule has 1 N–H and O–H groups in total. The van der Waals surface area contributed by atoms with Crippen molar-refractivity contribution in [2.45, 2.75) is 26.8 Å². The topological polar surface area (TPSA) is 111 Å². The Morgan fingerprint density at radius 3 is 2.54 bits per heavy atom. The molecule has 0 unspecified atom stereocenters. The molecule has 8 nitrogen and oxygen atoms in total. The number of nitrogens with zero attached hydrogens (tertiary/aromatic N) is 3. The molecule has 0 saturated heterocycles. The highest BCUT2D eigenvalue weighted by atomic mass is 16.6. The molecule has 144 valence electrons. The maximum atomic E-state index is 12.6. The maximum absolute atomic E-state index is 12.6. The number of rotatable bonds is 6. The third-order valence-corrected chi connectivity index (χ3v) is 4.29. The first-order valence-electron chi connectivity index (χ1n) is 8.81. The van der Waals surface area contributed by atoms with Crippen LogP contribution in [0.4, 0.5) is 5.69 Å². The fourth-order valence-electron chi connectivity index (χ4n) is 2.68. The van der Waals surface area contributed by atoms with Crippen LogP contribution in [0, 0.1) is 23.0 Å². The Bertz CT molecular complexity index is 995. The Labute approximate surface area is 161 Å². The van der Waals surface area contributed by atoms with Crippen LogP contribution in [-0.2, 0) is 0 Å². The number of non-ortho nitro benzene ring substituents is 1.